The molecule has 0 atom stereocenters. The topological polar surface area (TPSA) is 42.8 Å². The van der Waals surface area contributed by atoms with Crippen LogP contribution in [0.15, 0.2) is 41.5 Å². The van der Waals surface area contributed by atoms with Crippen molar-refractivity contribution in [2.45, 2.75) is 24.8 Å². The van der Waals surface area contributed by atoms with Gasteiger partial charge in [-0.3, -0.25) is 0 Å². The molecule has 0 amide bonds. The van der Waals surface area contributed by atoms with E-state index in [2.05, 4.69) is 5.10 Å². The van der Waals surface area contributed by atoms with Gasteiger partial charge in [0.2, 0.25) is 0 Å². The average Bonchev–Trinajstić information content (AvgIpc) is 2.66. The van der Waals surface area contributed by atoms with Gasteiger partial charge in [-0.2, -0.15) is 35.8 Å². The third kappa shape index (κ3) is 5.68. The first-order valence-electron chi connectivity index (χ1n) is 8.16. The third-order valence-electron chi connectivity index (χ3n) is 3.76. The predicted octanol–water partition coefficient (Wildman–Crippen LogP) is 5.73. The molecule has 2 aromatic carbocycles. The molecule has 0 heterocycles. The van der Waals surface area contributed by atoms with Crippen LogP contribution in [0.2, 0.25) is 0 Å². The van der Waals surface area contributed by atoms with Crippen molar-refractivity contribution in [2.24, 2.45) is 5.10 Å². The van der Waals surface area contributed by atoms with E-state index in [1.165, 1.54) is 37.4 Å². The van der Waals surface area contributed by atoms with Crippen molar-refractivity contribution in [1.29, 1.82) is 0 Å². The van der Waals surface area contributed by atoms with Crippen molar-refractivity contribution in [1.82, 2.24) is 5.43 Å². The van der Waals surface area contributed by atoms with Crippen molar-refractivity contribution in [3.63, 3.8) is 0 Å². The highest BCUT2D eigenvalue weighted by atomic mass is 127. The molecule has 2 aromatic rings. The Morgan fingerprint density at radius 1 is 1.06 bits per heavy atom. The molecule has 0 spiro atoms. The summed E-state index contributed by atoms with van der Waals surface area (Å²) in [6.45, 7) is -0.319. The number of benzene rings is 2. The summed E-state index contributed by atoms with van der Waals surface area (Å²) in [4.78, 5) is 0. The van der Waals surface area contributed by atoms with Crippen molar-refractivity contribution in [2.75, 3.05) is 7.11 Å². The van der Waals surface area contributed by atoms with Gasteiger partial charge in [0.15, 0.2) is 11.5 Å². The summed E-state index contributed by atoms with van der Waals surface area (Å²) in [5.74, 6) is -7.01. The van der Waals surface area contributed by atoms with Crippen LogP contribution in [0.3, 0.4) is 0 Å². The molecular formula is C18H13F8IN2O2. The number of halogens is 9. The third-order valence-corrected chi connectivity index (χ3v) is 4.38. The van der Waals surface area contributed by atoms with Gasteiger partial charge in [-0.05, 0) is 40.8 Å². The van der Waals surface area contributed by atoms with Crippen LogP contribution in [0.1, 0.15) is 11.1 Å². The molecule has 0 aliphatic carbocycles. The standard InChI is InChI=1S/C18H13F8IN2O2/c1-30-14-7-12(27)6-11(15(14)31-9-10-4-2-3-5-13(10)19)8-28-29-18(25,26)16(20,21)17(22,23)24/h2-8,29H,9H2,1H3/b28-8-. The largest absolute Gasteiger partial charge is 0.493 e. The number of hydrazone groups is 1. The van der Waals surface area contributed by atoms with Gasteiger partial charge in [0.05, 0.1) is 13.3 Å². The Labute approximate surface area is 184 Å². The lowest BCUT2D eigenvalue weighted by Gasteiger charge is -2.27. The van der Waals surface area contributed by atoms with E-state index in [0.29, 0.717) is 15.2 Å². The van der Waals surface area contributed by atoms with Crippen LogP contribution in [-0.4, -0.2) is 31.5 Å². The second-order valence-electron chi connectivity index (χ2n) is 5.92. The highest BCUT2D eigenvalue weighted by molar-refractivity contribution is 14.1. The molecule has 0 saturated heterocycles. The van der Waals surface area contributed by atoms with E-state index in [9.17, 15) is 35.1 Å². The van der Waals surface area contributed by atoms with Crippen LogP contribution in [0, 0.1) is 9.39 Å². The summed E-state index contributed by atoms with van der Waals surface area (Å²) >= 11 is 1.81. The predicted molar refractivity (Wildman–Crippen MR) is 103 cm³/mol. The zero-order valence-electron chi connectivity index (χ0n) is 15.4. The molecule has 13 heteroatoms. The number of methoxy groups -OCH3 is 1. The lowest BCUT2D eigenvalue weighted by atomic mass is 10.2. The molecule has 0 saturated carbocycles. The van der Waals surface area contributed by atoms with Crippen LogP contribution >= 0.6 is 22.6 Å². The number of ether oxygens (including phenoxy) is 2. The lowest BCUT2D eigenvalue weighted by Crippen LogP contribution is -2.58. The Balaban J connectivity index is 2.31. The van der Waals surface area contributed by atoms with E-state index < -0.39 is 24.0 Å². The van der Waals surface area contributed by atoms with Crippen molar-refractivity contribution < 1.29 is 44.6 Å². The minimum Gasteiger partial charge on any atom is -0.493 e. The average molecular weight is 568 g/mol. The van der Waals surface area contributed by atoms with Gasteiger partial charge in [0.25, 0.3) is 0 Å². The second-order valence-corrected chi connectivity index (χ2v) is 7.17. The smallest absolute Gasteiger partial charge is 0.462 e. The van der Waals surface area contributed by atoms with Gasteiger partial charge in [-0.15, -0.1) is 0 Å². The highest BCUT2D eigenvalue weighted by Crippen LogP contribution is 2.45. The SMILES string of the molecule is COc1cc(I)cc(/C=N\NC(F)(F)C(F)(F)C(F)(F)F)c1OCc1ccccc1F. The molecule has 2 rings (SSSR count). The minimum absolute atomic E-state index is 0.0667. The number of hydrogen-bond acceptors (Lipinski definition) is 4. The van der Waals surface area contributed by atoms with E-state index in [1.807, 2.05) is 22.6 Å². The Hall–Kier alpha value is -2.32. The Kier molecular flexibility index (Phi) is 7.60. The molecule has 0 aliphatic rings. The van der Waals surface area contributed by atoms with E-state index in [4.69, 9.17) is 9.47 Å². The van der Waals surface area contributed by atoms with E-state index >= 15 is 0 Å². The van der Waals surface area contributed by atoms with Crippen molar-refractivity contribution >= 4 is 28.8 Å². The fraction of sp³-hybridized carbons (Fsp3) is 0.278. The maximum Gasteiger partial charge on any atom is 0.462 e. The van der Waals surface area contributed by atoms with Crippen LogP contribution in [-0.2, 0) is 6.61 Å². The molecule has 0 fully saturated rings. The molecular weight excluding hydrogens is 555 g/mol. The van der Waals surface area contributed by atoms with E-state index in [1.54, 1.807) is 6.07 Å². The van der Waals surface area contributed by atoms with Crippen LogP contribution in [0.5, 0.6) is 11.5 Å². The Bertz CT molecular complexity index is 951. The van der Waals surface area contributed by atoms with Crippen molar-refractivity contribution in [3.8, 4) is 11.5 Å². The van der Waals surface area contributed by atoms with Crippen LogP contribution in [0.4, 0.5) is 35.1 Å². The van der Waals surface area contributed by atoms with E-state index in [-0.39, 0.29) is 29.2 Å². The first-order chi connectivity index (χ1) is 14.3. The maximum absolute atomic E-state index is 13.8. The number of hydrogen-bond donors (Lipinski definition) is 1. The van der Waals surface area contributed by atoms with Crippen LogP contribution in [0.25, 0.3) is 0 Å². The van der Waals surface area contributed by atoms with Gasteiger partial charge in [-0.1, -0.05) is 18.2 Å². The molecule has 31 heavy (non-hydrogen) atoms. The zero-order chi connectivity index (χ0) is 23.4. The van der Waals surface area contributed by atoms with E-state index in [0.717, 1.165) is 0 Å². The van der Waals surface area contributed by atoms with Crippen molar-refractivity contribution in [3.05, 3.63) is 56.9 Å². The molecule has 0 aliphatic heterocycles. The number of nitrogens with one attached hydrogen (secondary N) is 1. The number of rotatable bonds is 8. The summed E-state index contributed by atoms with van der Waals surface area (Å²) < 4.78 is 114. The molecule has 170 valence electrons. The van der Waals surface area contributed by atoms with Gasteiger partial charge in [0, 0.05) is 14.7 Å². The number of alkyl halides is 7. The lowest BCUT2D eigenvalue weighted by molar-refractivity contribution is -0.361. The van der Waals surface area contributed by atoms with Gasteiger partial charge in [-0.25, -0.2) is 9.82 Å². The van der Waals surface area contributed by atoms with Gasteiger partial charge in [0.1, 0.15) is 12.4 Å². The fourth-order valence-corrected chi connectivity index (χ4v) is 2.81. The summed E-state index contributed by atoms with van der Waals surface area (Å²) in [6.07, 6.45) is -5.94. The summed E-state index contributed by atoms with van der Waals surface area (Å²) in [6, 6.07) is 2.65. The summed E-state index contributed by atoms with van der Waals surface area (Å²) in [5.41, 5.74) is 0.570. The minimum atomic E-state index is -6.50. The quantitative estimate of drug-likeness (QED) is 0.146. The zero-order valence-corrected chi connectivity index (χ0v) is 17.6. The molecule has 1 N–H and O–H groups in total. The Morgan fingerprint density at radius 3 is 2.29 bits per heavy atom. The van der Waals surface area contributed by atoms with Gasteiger partial charge >= 0.3 is 18.1 Å². The number of nitrogens with zero attached hydrogens (tertiary/aromatic N) is 1. The van der Waals surface area contributed by atoms with Gasteiger partial charge < -0.3 is 9.47 Å². The monoisotopic (exact) mass is 568 g/mol. The Morgan fingerprint density at radius 2 is 1.71 bits per heavy atom. The molecule has 0 radical (unpaired) electrons. The first-order valence-corrected chi connectivity index (χ1v) is 9.24. The normalized spacial score (nSPS) is 12.8. The fourth-order valence-electron chi connectivity index (χ4n) is 2.19. The second kappa shape index (κ2) is 9.44. The molecule has 0 aromatic heterocycles. The molecule has 0 unspecified atom stereocenters. The van der Waals surface area contributed by atoms with Crippen LogP contribution < -0.4 is 14.9 Å². The molecule has 4 nitrogen and oxygen atoms in total. The highest BCUT2D eigenvalue weighted by Gasteiger charge is 2.73. The maximum atomic E-state index is 13.8. The summed E-state index contributed by atoms with van der Waals surface area (Å²) in [7, 11) is 1.25. The summed E-state index contributed by atoms with van der Waals surface area (Å²) in [5, 5.41) is 2.82. The molecule has 0 bridgehead atoms. The first kappa shape index (κ1) is 24.9.